The Morgan fingerprint density at radius 3 is 2.22 bits per heavy atom. The lowest BCUT2D eigenvalue weighted by molar-refractivity contribution is -0.141. The van der Waals surface area contributed by atoms with E-state index >= 15 is 0 Å². The highest BCUT2D eigenvalue weighted by Crippen LogP contribution is 2.26. The number of anilines is 1. The van der Waals surface area contributed by atoms with Crippen molar-refractivity contribution in [3.63, 3.8) is 0 Å². The van der Waals surface area contributed by atoms with Crippen LogP contribution in [0.3, 0.4) is 0 Å². The Kier molecular flexibility index (Phi) is 11.6. The molecule has 41 heavy (non-hydrogen) atoms. The molecule has 3 rings (SSSR count). The van der Waals surface area contributed by atoms with Gasteiger partial charge < -0.3 is 10.2 Å². The number of carbonyl (C=O) groups excluding carboxylic acids is 2. The minimum Gasteiger partial charge on any atom is -0.352 e. The number of nitrogens with one attached hydrogen (secondary N) is 1. The van der Waals surface area contributed by atoms with E-state index in [1.807, 2.05) is 63.2 Å². The summed E-state index contributed by atoms with van der Waals surface area (Å²) in [4.78, 5) is 29.0. The lowest BCUT2D eigenvalue weighted by Crippen LogP contribution is -2.51. The first-order valence-corrected chi connectivity index (χ1v) is 16.1. The zero-order chi connectivity index (χ0) is 30.2. The van der Waals surface area contributed by atoms with Crippen molar-refractivity contribution in [3.05, 3.63) is 99.5 Å². The van der Waals surface area contributed by atoms with Gasteiger partial charge in [-0.25, -0.2) is 8.42 Å². The van der Waals surface area contributed by atoms with Crippen LogP contribution in [0, 0.1) is 6.92 Å². The fraction of sp³-hybridized carbons (Fsp3) is 0.355. The number of hydrogen-bond acceptors (Lipinski definition) is 4. The summed E-state index contributed by atoms with van der Waals surface area (Å²) in [5, 5.41) is 3.81. The third kappa shape index (κ3) is 9.48. The number of rotatable bonds is 13. The molecule has 0 unspecified atom stereocenters. The maximum atomic E-state index is 13.9. The van der Waals surface area contributed by atoms with Crippen molar-refractivity contribution in [2.24, 2.45) is 0 Å². The van der Waals surface area contributed by atoms with Crippen LogP contribution >= 0.6 is 23.2 Å². The van der Waals surface area contributed by atoms with E-state index in [2.05, 4.69) is 5.32 Å². The fourth-order valence-corrected chi connectivity index (χ4v) is 6.08. The molecule has 0 heterocycles. The maximum Gasteiger partial charge on any atom is 0.243 e. The van der Waals surface area contributed by atoms with Crippen molar-refractivity contribution in [2.75, 3.05) is 17.1 Å². The van der Waals surface area contributed by atoms with E-state index in [0.29, 0.717) is 27.7 Å². The van der Waals surface area contributed by atoms with Crippen molar-refractivity contribution in [1.29, 1.82) is 0 Å². The Bertz CT molecular complexity index is 1450. The average Bonchev–Trinajstić information content (AvgIpc) is 2.89. The molecule has 0 saturated carbocycles. The standard InChI is InChI=1S/C31H37Cl2N3O4S/c1-22(2)34-31(38)29(19-24-12-6-5-7-13-24)35(21-25-16-17-26(32)20-27(25)33)30(37)15-10-18-36(41(4,39)40)28-14-9-8-11-23(28)3/h5-9,11-14,16-17,20,22,29H,10,15,18-19,21H2,1-4H3,(H,34,38)/t29-/m1/s1. The average molecular weight is 619 g/mol. The molecule has 0 fully saturated rings. The number of sulfonamides is 1. The van der Waals surface area contributed by atoms with Crippen LogP contribution in [-0.2, 0) is 32.6 Å². The highest BCUT2D eigenvalue weighted by Gasteiger charge is 2.31. The SMILES string of the molecule is Cc1ccccc1N(CCCC(=O)N(Cc1ccc(Cl)cc1Cl)[C@H](Cc1ccccc1)C(=O)NC(C)C)S(C)(=O)=O. The smallest absolute Gasteiger partial charge is 0.243 e. The van der Waals surface area contributed by atoms with Crippen molar-refractivity contribution >= 4 is 50.7 Å². The molecular formula is C31H37Cl2N3O4S. The third-order valence-corrected chi connectivity index (χ3v) is 8.36. The summed E-state index contributed by atoms with van der Waals surface area (Å²) in [7, 11) is -3.59. The predicted molar refractivity (Wildman–Crippen MR) is 167 cm³/mol. The van der Waals surface area contributed by atoms with E-state index in [9.17, 15) is 18.0 Å². The number of amides is 2. The Hall–Kier alpha value is -3.07. The summed E-state index contributed by atoms with van der Waals surface area (Å²) >= 11 is 12.6. The van der Waals surface area contributed by atoms with Crippen LogP contribution in [-0.4, -0.2) is 50.0 Å². The van der Waals surface area contributed by atoms with Gasteiger partial charge in [-0.05, 0) is 62.1 Å². The highest BCUT2D eigenvalue weighted by atomic mass is 35.5. The molecule has 0 aliphatic heterocycles. The molecule has 7 nitrogen and oxygen atoms in total. The van der Waals surface area contributed by atoms with Gasteiger partial charge in [0.1, 0.15) is 6.04 Å². The first-order valence-electron chi connectivity index (χ1n) is 13.5. The Morgan fingerprint density at radius 1 is 0.951 bits per heavy atom. The molecule has 0 saturated heterocycles. The minimum absolute atomic E-state index is 0.0311. The van der Waals surface area contributed by atoms with E-state index in [1.165, 1.54) is 4.31 Å². The summed E-state index contributed by atoms with van der Waals surface area (Å²) in [5.41, 5.74) is 2.94. The van der Waals surface area contributed by atoms with Gasteiger partial charge in [-0.1, -0.05) is 77.8 Å². The lowest BCUT2D eigenvalue weighted by atomic mass is 10.0. The van der Waals surface area contributed by atoms with Gasteiger partial charge in [-0.3, -0.25) is 13.9 Å². The van der Waals surface area contributed by atoms with Crippen LogP contribution < -0.4 is 9.62 Å². The third-order valence-electron chi connectivity index (χ3n) is 6.59. The number of hydrogen-bond donors (Lipinski definition) is 1. The number of nitrogens with zero attached hydrogens (tertiary/aromatic N) is 2. The Labute approximate surface area is 253 Å². The summed E-state index contributed by atoms with van der Waals surface area (Å²) in [5.74, 6) is -0.561. The van der Waals surface area contributed by atoms with Crippen LogP contribution in [0.5, 0.6) is 0 Å². The Morgan fingerprint density at radius 2 is 1.61 bits per heavy atom. The number of halogens is 2. The van der Waals surface area contributed by atoms with Gasteiger partial charge in [-0.15, -0.1) is 0 Å². The van der Waals surface area contributed by atoms with Crippen LogP contribution in [0.1, 0.15) is 43.4 Å². The van der Waals surface area contributed by atoms with Gasteiger partial charge in [0.25, 0.3) is 0 Å². The van der Waals surface area contributed by atoms with Crippen LogP contribution in [0.15, 0.2) is 72.8 Å². The molecule has 0 aliphatic carbocycles. The molecule has 2 amide bonds. The van der Waals surface area contributed by atoms with E-state index < -0.39 is 16.1 Å². The van der Waals surface area contributed by atoms with E-state index in [0.717, 1.165) is 17.4 Å². The van der Waals surface area contributed by atoms with Crippen molar-refractivity contribution in [2.45, 2.75) is 58.7 Å². The lowest BCUT2D eigenvalue weighted by Gasteiger charge is -2.32. The maximum absolute atomic E-state index is 13.9. The largest absolute Gasteiger partial charge is 0.352 e. The molecule has 0 radical (unpaired) electrons. The van der Waals surface area contributed by atoms with E-state index in [4.69, 9.17) is 23.2 Å². The first-order chi connectivity index (χ1) is 19.4. The van der Waals surface area contributed by atoms with Gasteiger partial charge >= 0.3 is 0 Å². The monoisotopic (exact) mass is 617 g/mol. The number of para-hydroxylation sites is 1. The summed E-state index contributed by atoms with van der Waals surface area (Å²) < 4.78 is 26.6. The van der Waals surface area contributed by atoms with E-state index in [-0.39, 0.29) is 43.8 Å². The fourth-order valence-electron chi connectivity index (χ4n) is 4.59. The molecule has 1 atom stereocenters. The zero-order valence-corrected chi connectivity index (χ0v) is 26.1. The van der Waals surface area contributed by atoms with Gasteiger partial charge in [0.05, 0.1) is 11.9 Å². The first kappa shape index (κ1) is 32.4. The normalized spacial score (nSPS) is 12.2. The van der Waals surface area contributed by atoms with Gasteiger partial charge in [0, 0.05) is 42.0 Å². The molecule has 0 aromatic heterocycles. The molecule has 0 spiro atoms. The highest BCUT2D eigenvalue weighted by molar-refractivity contribution is 7.92. The zero-order valence-electron chi connectivity index (χ0n) is 23.8. The van der Waals surface area contributed by atoms with Crippen LogP contribution in [0.25, 0.3) is 0 Å². The topological polar surface area (TPSA) is 86.8 Å². The van der Waals surface area contributed by atoms with Gasteiger partial charge in [0.2, 0.25) is 21.8 Å². The predicted octanol–water partition coefficient (Wildman–Crippen LogP) is 6.01. The van der Waals surface area contributed by atoms with Gasteiger partial charge in [0.15, 0.2) is 0 Å². The number of carbonyl (C=O) groups is 2. The van der Waals surface area contributed by atoms with Gasteiger partial charge in [-0.2, -0.15) is 0 Å². The molecule has 220 valence electrons. The second-order valence-corrected chi connectivity index (χ2v) is 13.1. The molecular weight excluding hydrogens is 581 g/mol. The molecule has 3 aromatic rings. The van der Waals surface area contributed by atoms with Crippen molar-refractivity contribution in [3.8, 4) is 0 Å². The Balaban J connectivity index is 1.92. The minimum atomic E-state index is -3.59. The van der Waals surface area contributed by atoms with Crippen LogP contribution in [0.4, 0.5) is 5.69 Å². The second kappa shape index (κ2) is 14.7. The molecule has 0 aliphatic rings. The quantitative estimate of drug-likeness (QED) is 0.254. The number of aryl methyl sites for hydroxylation is 1. The summed E-state index contributed by atoms with van der Waals surface area (Å²) in [6.07, 6.45) is 1.75. The van der Waals surface area contributed by atoms with Crippen molar-refractivity contribution in [1.82, 2.24) is 10.2 Å². The second-order valence-electron chi connectivity index (χ2n) is 10.4. The van der Waals surface area contributed by atoms with Crippen molar-refractivity contribution < 1.29 is 18.0 Å². The molecule has 0 bridgehead atoms. The molecule has 10 heteroatoms. The summed E-state index contributed by atoms with van der Waals surface area (Å²) in [6.45, 7) is 5.78. The molecule has 3 aromatic carbocycles. The summed E-state index contributed by atoms with van der Waals surface area (Å²) in [6, 6.07) is 20.8. The molecule has 1 N–H and O–H groups in total. The van der Waals surface area contributed by atoms with E-state index in [1.54, 1.807) is 35.2 Å². The number of benzene rings is 3. The van der Waals surface area contributed by atoms with Crippen LogP contribution in [0.2, 0.25) is 10.0 Å².